The standard InChI is InChI=1S/C25H23ClN6O3/c1-14(19-12-16-11-18(26)9-10-20(16)30-21(19)33)27-22-28-15(2)29-23(31-22)32-24(34)35-13-25(32,3)17-7-5-4-6-8-17/h4-12,14H,13H2,1-3H3,(H,30,33)(H,27,28,29,31)/t14-,25-/m0/s1. The molecule has 0 radical (unpaired) electrons. The number of hydrogen-bond donors (Lipinski definition) is 2. The number of carbonyl (C=O) groups is 1. The number of carbonyl (C=O) groups excluding carboxylic acids is 1. The quantitative estimate of drug-likeness (QED) is 0.416. The maximum absolute atomic E-state index is 12.8. The average Bonchev–Trinajstić information content (AvgIpc) is 3.14. The van der Waals surface area contributed by atoms with Crippen LogP contribution in [0.3, 0.4) is 0 Å². The molecule has 2 aromatic heterocycles. The molecule has 1 aliphatic heterocycles. The molecule has 2 aromatic carbocycles. The molecule has 2 atom stereocenters. The van der Waals surface area contributed by atoms with Crippen molar-refractivity contribution in [1.82, 2.24) is 19.9 Å². The normalized spacial score (nSPS) is 18.5. The molecule has 0 bridgehead atoms. The molecular formula is C25H23ClN6O3. The minimum Gasteiger partial charge on any atom is -0.446 e. The molecule has 1 fully saturated rings. The number of aromatic nitrogens is 4. The molecule has 2 N–H and O–H groups in total. The van der Waals surface area contributed by atoms with Gasteiger partial charge >= 0.3 is 6.09 Å². The van der Waals surface area contributed by atoms with E-state index in [1.165, 1.54) is 4.90 Å². The fourth-order valence-electron chi connectivity index (χ4n) is 4.26. The van der Waals surface area contributed by atoms with Gasteiger partial charge in [0.05, 0.1) is 6.04 Å². The van der Waals surface area contributed by atoms with Crippen molar-refractivity contribution in [2.24, 2.45) is 0 Å². The third-order valence-corrected chi connectivity index (χ3v) is 6.37. The second-order valence-electron chi connectivity index (χ2n) is 8.69. The van der Waals surface area contributed by atoms with Gasteiger partial charge in [-0.25, -0.2) is 9.69 Å². The lowest BCUT2D eigenvalue weighted by Gasteiger charge is -2.30. The number of nitrogens with one attached hydrogen (secondary N) is 2. The number of fused-ring (bicyclic) bond motifs is 1. The van der Waals surface area contributed by atoms with Gasteiger partial charge in [0.2, 0.25) is 11.9 Å². The first-order valence-corrected chi connectivity index (χ1v) is 11.5. The largest absolute Gasteiger partial charge is 0.446 e. The molecule has 10 heteroatoms. The predicted molar refractivity (Wildman–Crippen MR) is 134 cm³/mol. The van der Waals surface area contributed by atoms with Crippen molar-refractivity contribution in [2.75, 3.05) is 16.8 Å². The summed E-state index contributed by atoms with van der Waals surface area (Å²) in [7, 11) is 0. The van der Waals surface area contributed by atoms with Crippen LogP contribution < -0.4 is 15.8 Å². The number of pyridine rings is 1. The summed E-state index contributed by atoms with van der Waals surface area (Å²) in [6, 6.07) is 16.2. The van der Waals surface area contributed by atoms with E-state index in [1.54, 1.807) is 31.2 Å². The lowest BCUT2D eigenvalue weighted by Crippen LogP contribution is -2.43. The van der Waals surface area contributed by atoms with E-state index >= 15 is 0 Å². The Morgan fingerprint density at radius 1 is 1.11 bits per heavy atom. The first kappa shape index (κ1) is 22.8. The fraction of sp³-hybridized carbons (Fsp3) is 0.240. The molecule has 1 saturated heterocycles. The first-order chi connectivity index (χ1) is 16.7. The molecule has 1 amide bonds. The van der Waals surface area contributed by atoms with Crippen molar-refractivity contribution in [3.05, 3.63) is 86.9 Å². The highest BCUT2D eigenvalue weighted by atomic mass is 35.5. The van der Waals surface area contributed by atoms with Crippen LogP contribution >= 0.6 is 11.6 Å². The number of amides is 1. The third kappa shape index (κ3) is 4.19. The van der Waals surface area contributed by atoms with Gasteiger partial charge in [-0.05, 0) is 50.6 Å². The van der Waals surface area contributed by atoms with E-state index in [9.17, 15) is 9.59 Å². The summed E-state index contributed by atoms with van der Waals surface area (Å²) in [4.78, 5) is 43.1. The Labute approximate surface area is 206 Å². The number of aryl methyl sites for hydroxylation is 1. The van der Waals surface area contributed by atoms with E-state index in [-0.39, 0.29) is 24.1 Å². The minimum atomic E-state index is -0.788. The Morgan fingerprint density at radius 3 is 2.66 bits per heavy atom. The van der Waals surface area contributed by atoms with Gasteiger partial charge in [-0.1, -0.05) is 41.9 Å². The number of ether oxygens (including phenoxy) is 1. The minimum absolute atomic E-state index is 0.161. The van der Waals surface area contributed by atoms with Crippen LogP contribution in [-0.2, 0) is 10.3 Å². The molecular weight excluding hydrogens is 468 g/mol. The lowest BCUT2D eigenvalue weighted by molar-refractivity contribution is 0.174. The number of halogens is 1. The third-order valence-electron chi connectivity index (χ3n) is 6.13. The molecule has 0 aliphatic carbocycles. The number of anilines is 2. The van der Waals surface area contributed by atoms with Crippen LogP contribution in [0.25, 0.3) is 10.9 Å². The van der Waals surface area contributed by atoms with Crippen LogP contribution in [0, 0.1) is 6.92 Å². The van der Waals surface area contributed by atoms with Crippen molar-refractivity contribution in [1.29, 1.82) is 0 Å². The summed E-state index contributed by atoms with van der Waals surface area (Å²) in [5, 5.41) is 4.56. The lowest BCUT2D eigenvalue weighted by atomic mass is 9.92. The van der Waals surface area contributed by atoms with Gasteiger partial charge < -0.3 is 15.0 Å². The summed E-state index contributed by atoms with van der Waals surface area (Å²) >= 11 is 6.12. The molecule has 9 nitrogen and oxygen atoms in total. The predicted octanol–water partition coefficient (Wildman–Crippen LogP) is 4.72. The number of cyclic esters (lactones) is 1. The second-order valence-corrected chi connectivity index (χ2v) is 9.12. The molecule has 35 heavy (non-hydrogen) atoms. The van der Waals surface area contributed by atoms with Gasteiger partial charge in [-0.3, -0.25) is 4.79 Å². The van der Waals surface area contributed by atoms with Crippen molar-refractivity contribution in [3.63, 3.8) is 0 Å². The molecule has 4 aromatic rings. The summed E-state index contributed by atoms with van der Waals surface area (Å²) in [5.41, 5.74) is 1.07. The Kier molecular flexibility index (Phi) is 5.64. The highest BCUT2D eigenvalue weighted by Gasteiger charge is 2.47. The molecule has 0 saturated carbocycles. The Morgan fingerprint density at radius 2 is 1.89 bits per heavy atom. The summed E-state index contributed by atoms with van der Waals surface area (Å²) in [6.45, 7) is 5.61. The van der Waals surface area contributed by atoms with E-state index in [0.717, 1.165) is 10.9 Å². The van der Waals surface area contributed by atoms with Crippen LogP contribution in [0.1, 0.15) is 36.8 Å². The average molecular weight is 491 g/mol. The van der Waals surface area contributed by atoms with E-state index < -0.39 is 17.7 Å². The van der Waals surface area contributed by atoms with Crippen LogP contribution in [0.4, 0.5) is 16.7 Å². The van der Waals surface area contributed by atoms with Crippen LogP contribution in [0.15, 0.2) is 59.4 Å². The topological polar surface area (TPSA) is 113 Å². The molecule has 0 spiro atoms. The maximum atomic E-state index is 12.8. The van der Waals surface area contributed by atoms with E-state index in [4.69, 9.17) is 16.3 Å². The smallest absolute Gasteiger partial charge is 0.417 e. The highest BCUT2D eigenvalue weighted by molar-refractivity contribution is 6.31. The van der Waals surface area contributed by atoms with Gasteiger partial charge in [0.15, 0.2) is 0 Å². The molecule has 5 rings (SSSR count). The van der Waals surface area contributed by atoms with E-state index in [2.05, 4.69) is 25.3 Å². The number of rotatable bonds is 5. The van der Waals surface area contributed by atoms with Gasteiger partial charge in [-0.2, -0.15) is 15.0 Å². The van der Waals surface area contributed by atoms with Crippen molar-refractivity contribution < 1.29 is 9.53 Å². The van der Waals surface area contributed by atoms with Gasteiger partial charge in [0.25, 0.3) is 5.56 Å². The van der Waals surface area contributed by atoms with Crippen molar-refractivity contribution in [3.8, 4) is 0 Å². The Hall–Kier alpha value is -3.98. The summed E-state index contributed by atoms with van der Waals surface area (Å²) < 4.78 is 5.40. The highest BCUT2D eigenvalue weighted by Crippen LogP contribution is 2.37. The first-order valence-electron chi connectivity index (χ1n) is 11.1. The monoisotopic (exact) mass is 490 g/mol. The number of aromatic amines is 1. The van der Waals surface area contributed by atoms with Gasteiger partial charge in [0, 0.05) is 21.5 Å². The maximum Gasteiger partial charge on any atom is 0.417 e. The number of H-pyrrole nitrogens is 1. The van der Waals surface area contributed by atoms with Gasteiger partial charge in [0.1, 0.15) is 18.0 Å². The Bertz CT molecular complexity index is 1490. The van der Waals surface area contributed by atoms with Crippen LogP contribution in [0.5, 0.6) is 0 Å². The zero-order valence-electron chi connectivity index (χ0n) is 19.4. The molecule has 3 heterocycles. The van der Waals surface area contributed by atoms with E-state index in [0.29, 0.717) is 21.9 Å². The number of nitrogens with zero attached hydrogens (tertiary/aromatic N) is 4. The molecule has 178 valence electrons. The van der Waals surface area contributed by atoms with Gasteiger partial charge in [-0.15, -0.1) is 0 Å². The SMILES string of the molecule is Cc1nc(N[C@@H](C)c2cc3cc(Cl)ccc3[nH]c2=O)nc(N2C(=O)OC[C@@]2(C)c2ccccc2)n1. The van der Waals surface area contributed by atoms with E-state index in [1.807, 2.05) is 44.2 Å². The number of hydrogen-bond acceptors (Lipinski definition) is 7. The van der Waals surface area contributed by atoms with Crippen molar-refractivity contribution >= 4 is 40.5 Å². The molecule has 1 aliphatic rings. The number of benzene rings is 2. The summed E-state index contributed by atoms with van der Waals surface area (Å²) in [5.74, 6) is 0.819. The second kappa shape index (κ2) is 8.66. The Balaban J connectivity index is 1.49. The summed E-state index contributed by atoms with van der Waals surface area (Å²) in [6.07, 6.45) is -0.538. The van der Waals surface area contributed by atoms with Crippen molar-refractivity contribution in [2.45, 2.75) is 32.4 Å². The molecule has 0 unspecified atom stereocenters. The van der Waals surface area contributed by atoms with Crippen LogP contribution in [0.2, 0.25) is 5.02 Å². The zero-order valence-corrected chi connectivity index (χ0v) is 20.1. The fourth-order valence-corrected chi connectivity index (χ4v) is 4.45. The van der Waals surface area contributed by atoms with Crippen LogP contribution in [-0.4, -0.2) is 32.6 Å². The zero-order chi connectivity index (χ0) is 24.7.